The van der Waals surface area contributed by atoms with Crippen molar-refractivity contribution in [2.24, 2.45) is 0 Å². The van der Waals surface area contributed by atoms with E-state index in [0.29, 0.717) is 23.1 Å². The molecule has 0 spiro atoms. The van der Waals surface area contributed by atoms with Crippen LogP contribution in [0.1, 0.15) is 51.0 Å². The second-order valence-electron chi connectivity index (χ2n) is 7.10. The van der Waals surface area contributed by atoms with E-state index in [0.717, 1.165) is 44.1 Å². The lowest BCUT2D eigenvalue weighted by Gasteiger charge is -2.36. The Morgan fingerprint density at radius 3 is 2.48 bits per heavy atom. The van der Waals surface area contributed by atoms with Crippen LogP contribution in [0, 0.1) is 5.82 Å². The highest BCUT2D eigenvalue weighted by Crippen LogP contribution is 2.41. The minimum atomic E-state index is -0.629. The lowest BCUT2D eigenvalue weighted by atomic mass is 9.68. The molecule has 3 nitrogen and oxygen atoms in total. The first-order chi connectivity index (χ1) is 13.0. The van der Waals surface area contributed by atoms with E-state index in [1.54, 1.807) is 30.3 Å². The molecule has 2 aromatic rings. The summed E-state index contributed by atoms with van der Waals surface area (Å²) in [5.74, 6) is 0.258. The molecule has 0 radical (unpaired) electrons. The average Bonchev–Trinajstić information content (AvgIpc) is 2.68. The van der Waals surface area contributed by atoms with Crippen molar-refractivity contribution < 1.29 is 13.9 Å². The van der Waals surface area contributed by atoms with Crippen molar-refractivity contribution >= 4 is 23.2 Å². The number of rotatable bonds is 6. The van der Waals surface area contributed by atoms with Gasteiger partial charge in [-0.2, -0.15) is 0 Å². The van der Waals surface area contributed by atoms with Crippen molar-refractivity contribution in [1.29, 1.82) is 0 Å². The smallest absolute Gasteiger partial charge is 0.235 e. The first-order valence-corrected chi connectivity index (χ1v) is 9.93. The van der Waals surface area contributed by atoms with Crippen molar-refractivity contribution in [1.82, 2.24) is 0 Å². The maximum absolute atomic E-state index is 13.4. The highest BCUT2D eigenvalue weighted by atomic mass is 35.5. The Balaban J connectivity index is 1.83. The molecule has 0 unspecified atom stereocenters. The monoisotopic (exact) mass is 389 g/mol. The number of hydrogen-bond donors (Lipinski definition) is 1. The van der Waals surface area contributed by atoms with Gasteiger partial charge in [-0.15, -0.1) is 0 Å². The number of benzene rings is 2. The molecule has 0 aromatic heterocycles. The zero-order valence-electron chi connectivity index (χ0n) is 15.6. The number of carbonyl (C=O) groups is 1. The van der Waals surface area contributed by atoms with E-state index in [1.165, 1.54) is 12.1 Å². The van der Waals surface area contributed by atoms with E-state index in [9.17, 15) is 9.18 Å². The third-order valence-electron chi connectivity index (χ3n) is 5.19. The molecular weight excluding hydrogens is 365 g/mol. The molecule has 5 heteroatoms. The lowest BCUT2D eigenvalue weighted by Crippen LogP contribution is -2.42. The van der Waals surface area contributed by atoms with Gasteiger partial charge >= 0.3 is 0 Å². The maximum atomic E-state index is 13.4. The van der Waals surface area contributed by atoms with Crippen LogP contribution in [0.2, 0.25) is 5.02 Å². The van der Waals surface area contributed by atoms with Gasteiger partial charge in [0.15, 0.2) is 0 Å². The summed E-state index contributed by atoms with van der Waals surface area (Å²) >= 11 is 6.29. The Labute approximate surface area is 164 Å². The average molecular weight is 390 g/mol. The van der Waals surface area contributed by atoms with Crippen molar-refractivity contribution in [2.75, 3.05) is 11.9 Å². The van der Waals surface area contributed by atoms with Crippen LogP contribution in [0.3, 0.4) is 0 Å². The minimum absolute atomic E-state index is 0.0629. The van der Waals surface area contributed by atoms with E-state index in [1.807, 2.05) is 6.92 Å². The summed E-state index contributed by atoms with van der Waals surface area (Å²) in [5.41, 5.74) is 0.881. The molecule has 1 fully saturated rings. The lowest BCUT2D eigenvalue weighted by molar-refractivity contribution is -0.122. The van der Waals surface area contributed by atoms with Crippen molar-refractivity contribution in [3.8, 4) is 5.75 Å². The number of carbonyl (C=O) groups excluding carboxylic acids is 1. The fourth-order valence-electron chi connectivity index (χ4n) is 3.73. The molecule has 0 atom stereocenters. The third-order valence-corrected chi connectivity index (χ3v) is 5.49. The largest absolute Gasteiger partial charge is 0.492 e. The molecule has 0 bridgehead atoms. The fraction of sp³-hybridized carbons (Fsp3) is 0.409. The number of halogens is 2. The van der Waals surface area contributed by atoms with Gasteiger partial charge in [-0.05, 0) is 55.2 Å². The first kappa shape index (κ1) is 19.7. The van der Waals surface area contributed by atoms with Crippen LogP contribution in [0.25, 0.3) is 0 Å². The highest BCUT2D eigenvalue weighted by Gasteiger charge is 2.41. The van der Waals surface area contributed by atoms with Crippen LogP contribution in [-0.2, 0) is 10.2 Å². The van der Waals surface area contributed by atoms with Gasteiger partial charge in [0.2, 0.25) is 5.91 Å². The summed E-state index contributed by atoms with van der Waals surface area (Å²) in [6, 6.07) is 11.6. The summed E-state index contributed by atoms with van der Waals surface area (Å²) in [4.78, 5) is 13.3. The third kappa shape index (κ3) is 4.44. The van der Waals surface area contributed by atoms with E-state index in [2.05, 4.69) is 5.32 Å². The number of ether oxygens (including phenoxy) is 1. The predicted octanol–water partition coefficient (Wildman–Crippen LogP) is 6.11. The van der Waals surface area contributed by atoms with Crippen molar-refractivity contribution in [2.45, 2.75) is 50.9 Å². The molecule has 0 saturated heterocycles. The Bertz CT molecular complexity index is 785. The molecule has 1 saturated carbocycles. The summed E-state index contributed by atoms with van der Waals surface area (Å²) < 4.78 is 19.0. The summed E-state index contributed by atoms with van der Waals surface area (Å²) in [5, 5.41) is 3.49. The van der Waals surface area contributed by atoms with E-state index in [4.69, 9.17) is 16.3 Å². The Morgan fingerprint density at radius 2 is 1.85 bits per heavy atom. The second-order valence-corrected chi connectivity index (χ2v) is 7.50. The Morgan fingerprint density at radius 1 is 1.15 bits per heavy atom. The minimum Gasteiger partial charge on any atom is -0.492 e. The Hall–Kier alpha value is -2.07. The van der Waals surface area contributed by atoms with Gasteiger partial charge in [0, 0.05) is 5.69 Å². The van der Waals surface area contributed by atoms with Crippen LogP contribution in [0.5, 0.6) is 5.75 Å². The van der Waals surface area contributed by atoms with Crippen LogP contribution < -0.4 is 10.1 Å². The number of amides is 1. The van der Waals surface area contributed by atoms with Crippen LogP contribution >= 0.6 is 11.6 Å². The quantitative estimate of drug-likeness (QED) is 0.647. The standard InChI is InChI=1S/C22H25ClFNO2/c1-2-14-27-20-11-10-18(15-19(20)23)25-21(26)22(12-4-3-5-13-22)16-6-8-17(24)9-7-16/h6-11,15H,2-5,12-14H2,1H3,(H,25,26). The zero-order chi connectivity index (χ0) is 19.3. The number of nitrogens with one attached hydrogen (secondary N) is 1. The maximum Gasteiger partial charge on any atom is 0.235 e. The highest BCUT2D eigenvalue weighted by molar-refractivity contribution is 6.32. The molecule has 1 N–H and O–H groups in total. The summed E-state index contributed by atoms with van der Waals surface area (Å²) in [7, 11) is 0. The van der Waals surface area contributed by atoms with Gasteiger partial charge in [-0.3, -0.25) is 4.79 Å². The van der Waals surface area contributed by atoms with Gasteiger partial charge < -0.3 is 10.1 Å². The fourth-order valence-corrected chi connectivity index (χ4v) is 3.96. The van der Waals surface area contributed by atoms with E-state index in [-0.39, 0.29) is 11.7 Å². The summed E-state index contributed by atoms with van der Waals surface area (Å²) in [6.45, 7) is 2.63. The zero-order valence-corrected chi connectivity index (χ0v) is 16.3. The molecule has 0 heterocycles. The number of hydrogen-bond acceptors (Lipinski definition) is 2. The SMILES string of the molecule is CCCOc1ccc(NC(=O)C2(c3ccc(F)cc3)CCCCC2)cc1Cl. The van der Waals surface area contributed by atoms with Crippen LogP contribution in [-0.4, -0.2) is 12.5 Å². The van der Waals surface area contributed by atoms with Crippen LogP contribution in [0.15, 0.2) is 42.5 Å². The topological polar surface area (TPSA) is 38.3 Å². The van der Waals surface area contributed by atoms with Crippen molar-refractivity contribution in [3.63, 3.8) is 0 Å². The molecule has 27 heavy (non-hydrogen) atoms. The first-order valence-electron chi connectivity index (χ1n) is 9.55. The number of anilines is 1. The van der Waals surface area contributed by atoms with E-state index >= 15 is 0 Å². The predicted molar refractivity (Wildman–Crippen MR) is 107 cm³/mol. The van der Waals surface area contributed by atoms with Gasteiger partial charge in [0.05, 0.1) is 17.0 Å². The molecule has 144 valence electrons. The molecule has 1 amide bonds. The van der Waals surface area contributed by atoms with Gasteiger partial charge in [-0.25, -0.2) is 4.39 Å². The molecule has 3 rings (SSSR count). The second kappa shape index (κ2) is 8.75. The van der Waals surface area contributed by atoms with E-state index < -0.39 is 5.41 Å². The molecule has 2 aromatic carbocycles. The summed E-state index contributed by atoms with van der Waals surface area (Å²) in [6.07, 6.45) is 5.50. The van der Waals surface area contributed by atoms with Crippen molar-refractivity contribution in [3.05, 3.63) is 58.9 Å². The van der Waals surface area contributed by atoms with Gasteiger partial charge in [-0.1, -0.05) is 49.9 Å². The molecule has 1 aliphatic rings. The molecule has 1 aliphatic carbocycles. The van der Waals surface area contributed by atoms with Gasteiger partial charge in [0.1, 0.15) is 11.6 Å². The normalized spacial score (nSPS) is 16.0. The molecular formula is C22H25ClFNO2. The van der Waals surface area contributed by atoms with Crippen LogP contribution in [0.4, 0.5) is 10.1 Å². The molecule has 0 aliphatic heterocycles. The van der Waals surface area contributed by atoms with Gasteiger partial charge in [0.25, 0.3) is 0 Å². The Kier molecular flexibility index (Phi) is 6.38.